The van der Waals surface area contributed by atoms with Crippen molar-refractivity contribution < 1.29 is 9.31 Å². The molecule has 0 atom stereocenters. The first-order chi connectivity index (χ1) is 30.8. The Morgan fingerprint density at radius 2 is 0.773 bits per heavy atom. The maximum atomic E-state index is 6.27. The van der Waals surface area contributed by atoms with E-state index in [2.05, 4.69) is 130 Å². The zero-order chi connectivity index (χ0) is 48.8. The molecule has 0 radical (unpaired) electrons. The molecule has 3 aliphatic rings. The Morgan fingerprint density at radius 3 is 1.21 bits per heavy atom. The maximum Gasteiger partial charge on any atom is 0.495 e. The summed E-state index contributed by atoms with van der Waals surface area (Å²) in [5, 5.41) is 0.501. The standard InChI is InChI=1S/C19H21BO2.C17H12ClN3.C4H3Cl2N3.6C2H6.2CH4/c1-18(2)19(3,4)22-20(21-18)16-11-7-9-14-12-13-8-5-6-10-15(13)17(14)16;1-10-19-16(21-17(18)20-10)14-8-4-6-12-9-11-5-2-3-7-13(11)15(12)14;1-2-7-3(5)9-4(6)8-2;6*1-2;;/h5-11H,12H2,1-4H3;2-8H,9H2,1H3;1H3;6*1-2H3;2*1H4. The van der Waals surface area contributed by atoms with Crippen LogP contribution in [0.25, 0.3) is 33.6 Å². The molecule has 362 valence electrons. The van der Waals surface area contributed by atoms with Gasteiger partial charge in [-0.25, -0.2) is 19.9 Å². The molecule has 8 nitrogen and oxygen atoms in total. The number of halogens is 3. The molecule has 0 N–H and O–H groups in total. The first-order valence-electron chi connectivity index (χ1n) is 23.0. The normalized spacial score (nSPS) is 12.7. The van der Waals surface area contributed by atoms with Crippen molar-refractivity contribution in [3.8, 4) is 33.6 Å². The Kier molecular flexibility index (Phi) is 30.6. The van der Waals surface area contributed by atoms with Crippen LogP contribution in [0, 0.1) is 13.8 Å². The molecule has 12 heteroatoms. The zero-order valence-electron chi connectivity index (χ0n) is 41.7. The van der Waals surface area contributed by atoms with Crippen molar-refractivity contribution in [1.82, 2.24) is 29.9 Å². The van der Waals surface area contributed by atoms with Gasteiger partial charge in [0.15, 0.2) is 5.82 Å². The van der Waals surface area contributed by atoms with Gasteiger partial charge in [-0.2, -0.15) is 9.97 Å². The van der Waals surface area contributed by atoms with Crippen molar-refractivity contribution >= 4 is 47.4 Å². The summed E-state index contributed by atoms with van der Waals surface area (Å²) in [4.78, 5) is 23.7. The predicted octanol–water partition coefficient (Wildman–Crippen LogP) is 16.5. The molecule has 0 saturated carbocycles. The van der Waals surface area contributed by atoms with Gasteiger partial charge in [0.1, 0.15) is 11.6 Å². The highest BCUT2D eigenvalue weighted by Crippen LogP contribution is 2.42. The molecule has 0 unspecified atom stereocenters. The predicted molar refractivity (Wildman–Crippen MR) is 290 cm³/mol. The summed E-state index contributed by atoms with van der Waals surface area (Å²) in [7, 11) is -0.300. The van der Waals surface area contributed by atoms with Crippen LogP contribution in [0.2, 0.25) is 15.9 Å². The molecule has 0 spiro atoms. The molecule has 6 aromatic rings. The van der Waals surface area contributed by atoms with E-state index in [1.54, 1.807) is 6.92 Å². The van der Waals surface area contributed by atoms with E-state index in [9.17, 15) is 0 Å². The van der Waals surface area contributed by atoms with E-state index >= 15 is 0 Å². The second kappa shape index (κ2) is 31.7. The number of rotatable bonds is 2. The topological polar surface area (TPSA) is 95.8 Å². The van der Waals surface area contributed by atoms with Gasteiger partial charge in [-0.15, -0.1) is 0 Å². The maximum absolute atomic E-state index is 6.27. The first kappa shape index (κ1) is 63.8. The highest BCUT2D eigenvalue weighted by Gasteiger charge is 2.52. The summed E-state index contributed by atoms with van der Waals surface area (Å²) in [6.45, 7) is 35.9. The fourth-order valence-corrected chi connectivity index (χ4v) is 7.40. The lowest BCUT2D eigenvalue weighted by molar-refractivity contribution is 0.00578. The van der Waals surface area contributed by atoms with Crippen LogP contribution in [-0.4, -0.2) is 48.2 Å². The molecule has 0 amide bonds. The summed E-state index contributed by atoms with van der Waals surface area (Å²) in [6.07, 6.45) is 1.95. The monoisotopic (exact) mass is 961 g/mol. The average Bonchev–Trinajstić information content (AvgIpc) is 3.95. The Labute approximate surface area is 416 Å². The second-order valence-electron chi connectivity index (χ2n) is 13.9. The van der Waals surface area contributed by atoms with Crippen LogP contribution in [0.15, 0.2) is 84.9 Å². The minimum absolute atomic E-state index is 0. The van der Waals surface area contributed by atoms with E-state index in [1.807, 2.05) is 102 Å². The molecule has 4 aromatic carbocycles. The lowest BCUT2D eigenvalue weighted by atomic mass is 9.74. The highest BCUT2D eigenvalue weighted by atomic mass is 35.5. The van der Waals surface area contributed by atoms with Crippen LogP contribution in [0.5, 0.6) is 0 Å². The van der Waals surface area contributed by atoms with E-state index < -0.39 is 0 Å². The van der Waals surface area contributed by atoms with Crippen molar-refractivity contribution in [1.29, 1.82) is 0 Å². The molecule has 9 rings (SSSR count). The summed E-state index contributed by atoms with van der Waals surface area (Å²) in [5.41, 5.74) is 12.1. The smallest absolute Gasteiger partial charge is 0.399 e. The van der Waals surface area contributed by atoms with Crippen LogP contribution in [0.1, 0.15) is 160 Å². The van der Waals surface area contributed by atoms with Gasteiger partial charge in [0.25, 0.3) is 0 Å². The quantitative estimate of drug-likeness (QED) is 0.158. The molecule has 66 heavy (non-hydrogen) atoms. The van der Waals surface area contributed by atoms with E-state index in [0.717, 1.165) is 23.9 Å². The number of hydrogen-bond donors (Lipinski definition) is 0. The summed E-state index contributed by atoms with van der Waals surface area (Å²) in [5.74, 6) is 1.80. The Morgan fingerprint density at radius 1 is 0.424 bits per heavy atom. The number of benzene rings is 4. The number of aromatic nitrogens is 6. The third-order valence-electron chi connectivity index (χ3n) is 9.83. The molecular weight excluding hydrogens is 882 g/mol. The molecule has 2 aromatic heterocycles. The van der Waals surface area contributed by atoms with Gasteiger partial charge in [0.05, 0.1) is 11.2 Å². The van der Waals surface area contributed by atoms with E-state index in [-0.39, 0.29) is 49.0 Å². The third-order valence-corrected chi connectivity index (χ3v) is 10.3. The van der Waals surface area contributed by atoms with Crippen LogP contribution in [0.4, 0.5) is 0 Å². The largest absolute Gasteiger partial charge is 0.495 e. The number of hydrogen-bond acceptors (Lipinski definition) is 8. The van der Waals surface area contributed by atoms with Gasteiger partial charge in [0.2, 0.25) is 15.9 Å². The summed E-state index contributed by atoms with van der Waals surface area (Å²) >= 11 is 16.8. The molecule has 1 saturated heterocycles. The minimum atomic E-state index is -0.307. The number of aryl methyl sites for hydroxylation is 2. The molecule has 1 fully saturated rings. The van der Waals surface area contributed by atoms with Crippen LogP contribution in [-0.2, 0) is 22.2 Å². The van der Waals surface area contributed by atoms with E-state index in [1.165, 1.54) is 44.5 Å². The average molecular weight is 962 g/mol. The van der Waals surface area contributed by atoms with E-state index in [4.69, 9.17) is 44.1 Å². The van der Waals surface area contributed by atoms with Gasteiger partial charge in [-0.05, 0) is 139 Å². The van der Waals surface area contributed by atoms with Crippen molar-refractivity contribution in [2.75, 3.05) is 0 Å². The fourth-order valence-electron chi connectivity index (χ4n) is 6.75. The first-order valence-corrected chi connectivity index (χ1v) is 24.1. The van der Waals surface area contributed by atoms with Gasteiger partial charge < -0.3 is 9.31 Å². The van der Waals surface area contributed by atoms with Gasteiger partial charge in [-0.3, -0.25) is 0 Å². The molecule has 2 aliphatic carbocycles. The summed E-state index contributed by atoms with van der Waals surface area (Å²) in [6, 6.07) is 29.8. The molecular formula is C54H80BCl3N6O2. The van der Waals surface area contributed by atoms with Crippen molar-refractivity contribution in [2.24, 2.45) is 0 Å². The fraction of sp³-hybridized carbons (Fsp3) is 0.444. The third kappa shape index (κ3) is 16.2. The van der Waals surface area contributed by atoms with Crippen molar-refractivity contribution in [3.05, 3.63) is 135 Å². The Balaban J connectivity index is 0. The summed E-state index contributed by atoms with van der Waals surface area (Å²) < 4.78 is 12.5. The molecule has 3 heterocycles. The molecule has 0 bridgehead atoms. The van der Waals surface area contributed by atoms with Crippen LogP contribution in [0.3, 0.4) is 0 Å². The molecule has 1 aliphatic heterocycles. The van der Waals surface area contributed by atoms with Crippen LogP contribution < -0.4 is 5.46 Å². The van der Waals surface area contributed by atoms with Crippen molar-refractivity contribution in [3.63, 3.8) is 0 Å². The lowest BCUT2D eigenvalue weighted by Crippen LogP contribution is -2.41. The van der Waals surface area contributed by atoms with Crippen LogP contribution >= 0.6 is 34.8 Å². The number of fused-ring (bicyclic) bond motifs is 6. The Hall–Kier alpha value is -4.25. The van der Waals surface area contributed by atoms with Crippen molar-refractivity contribution in [2.45, 2.75) is 164 Å². The highest BCUT2D eigenvalue weighted by molar-refractivity contribution is 6.64. The SMILES string of the molecule is C.C.CC.CC.CC.CC.CC.CC.CC1(C)OB(c2cccc3c2-c2ccccc2C3)OC1(C)C.Cc1nc(Cl)nc(-c2cccc3c2-c2ccccc2C3)n1.Cc1nc(Cl)nc(Cl)n1. The lowest BCUT2D eigenvalue weighted by Gasteiger charge is -2.32. The van der Waals surface area contributed by atoms with E-state index in [0.29, 0.717) is 17.5 Å². The van der Waals surface area contributed by atoms with Gasteiger partial charge >= 0.3 is 7.12 Å². The minimum Gasteiger partial charge on any atom is -0.399 e. The Bertz CT molecular complexity index is 2240. The van der Waals surface area contributed by atoms with Gasteiger partial charge in [-0.1, -0.05) is 183 Å². The van der Waals surface area contributed by atoms with Gasteiger partial charge in [0, 0.05) is 5.56 Å². The zero-order valence-corrected chi connectivity index (χ0v) is 44.0. The second-order valence-corrected chi connectivity index (χ2v) is 14.9. The number of nitrogens with zero attached hydrogens (tertiary/aromatic N) is 6.